The summed E-state index contributed by atoms with van der Waals surface area (Å²) >= 11 is 0. The second-order valence-corrected chi connectivity index (χ2v) is 8.26. The van der Waals surface area contributed by atoms with Crippen LogP contribution in [0.4, 0.5) is 0 Å². The van der Waals surface area contributed by atoms with E-state index >= 15 is 0 Å². The Labute approximate surface area is 144 Å². The number of ether oxygens (including phenoxy) is 2. The van der Waals surface area contributed by atoms with Gasteiger partial charge < -0.3 is 14.0 Å². The van der Waals surface area contributed by atoms with Gasteiger partial charge in [-0.3, -0.25) is 0 Å². The van der Waals surface area contributed by atoms with Crippen LogP contribution in [0.1, 0.15) is 78.1 Å². The van der Waals surface area contributed by atoms with Crippen molar-refractivity contribution in [3.63, 3.8) is 0 Å². The van der Waals surface area contributed by atoms with Gasteiger partial charge in [0.1, 0.15) is 17.9 Å². The molecule has 0 saturated carbocycles. The van der Waals surface area contributed by atoms with Gasteiger partial charge in [0.2, 0.25) is 0 Å². The second-order valence-electron chi connectivity index (χ2n) is 8.26. The molecule has 136 valence electrons. The lowest BCUT2D eigenvalue weighted by Crippen LogP contribution is -2.35. The highest BCUT2D eigenvalue weighted by molar-refractivity contribution is 5.11. The molecule has 1 saturated heterocycles. The van der Waals surface area contributed by atoms with Crippen molar-refractivity contribution < 1.29 is 14.0 Å². The van der Waals surface area contributed by atoms with Crippen LogP contribution in [0.25, 0.3) is 0 Å². The summed E-state index contributed by atoms with van der Waals surface area (Å²) in [5.74, 6) is 1.05. The van der Waals surface area contributed by atoms with Crippen molar-refractivity contribution >= 4 is 0 Å². The predicted octanol–water partition coefficient (Wildman–Crippen LogP) is 5.26. The second kappa shape index (κ2) is 10.4. The van der Waals surface area contributed by atoms with Crippen LogP contribution in [0, 0.1) is 0 Å². The number of quaternary nitrogens is 1. The molecule has 0 N–H and O–H groups in total. The molecule has 23 heavy (non-hydrogen) atoms. The van der Waals surface area contributed by atoms with Crippen molar-refractivity contribution in [2.45, 2.75) is 83.7 Å². The Hall–Kier alpha value is -0.540. The molecule has 1 fully saturated rings. The molecule has 1 rings (SSSR count). The molecule has 1 unspecified atom stereocenters. The number of nitrogens with zero attached hydrogens (tertiary/aromatic N) is 1. The molecular formula is C20H40NO2+. The zero-order chi connectivity index (χ0) is 17.2. The van der Waals surface area contributed by atoms with E-state index in [0.29, 0.717) is 6.79 Å². The van der Waals surface area contributed by atoms with E-state index in [0.717, 1.165) is 23.2 Å². The van der Waals surface area contributed by atoms with Crippen LogP contribution in [0.2, 0.25) is 0 Å². The van der Waals surface area contributed by atoms with Gasteiger partial charge in [-0.2, -0.15) is 0 Å². The molecule has 1 heterocycles. The molecule has 0 spiro atoms. The van der Waals surface area contributed by atoms with E-state index in [-0.39, 0.29) is 5.60 Å². The zero-order valence-electron chi connectivity index (χ0n) is 16.3. The molecule has 0 aliphatic carbocycles. The molecule has 3 heteroatoms. The number of likely N-dealkylation sites (N-methyl/N-ethyl adjacent to an activating group) is 1. The zero-order valence-corrected chi connectivity index (χ0v) is 16.3. The lowest BCUT2D eigenvalue weighted by atomic mass is 9.95. The lowest BCUT2D eigenvalue weighted by Gasteiger charge is -2.25. The SMILES string of the molecule is CCCCCCCCCCCC1(C)OCOC1=CC[N+](C)(C)C. The third-order valence-electron chi connectivity index (χ3n) is 4.69. The molecule has 1 aliphatic rings. The minimum absolute atomic E-state index is 0.198. The highest BCUT2D eigenvalue weighted by Crippen LogP contribution is 2.34. The summed E-state index contributed by atoms with van der Waals surface area (Å²) in [7, 11) is 6.60. The Kier molecular flexibility index (Phi) is 9.23. The number of rotatable bonds is 12. The highest BCUT2D eigenvalue weighted by Gasteiger charge is 2.36. The molecule has 1 aliphatic heterocycles. The minimum atomic E-state index is -0.198. The Morgan fingerprint density at radius 1 is 0.957 bits per heavy atom. The molecule has 0 amide bonds. The molecule has 3 nitrogen and oxygen atoms in total. The first-order valence-corrected chi connectivity index (χ1v) is 9.65. The van der Waals surface area contributed by atoms with Crippen LogP contribution in [0.15, 0.2) is 11.8 Å². The molecular weight excluding hydrogens is 286 g/mol. The van der Waals surface area contributed by atoms with E-state index in [9.17, 15) is 0 Å². The minimum Gasteiger partial charge on any atom is -0.469 e. The summed E-state index contributed by atoms with van der Waals surface area (Å²) in [5.41, 5.74) is -0.198. The number of hydrogen-bond acceptors (Lipinski definition) is 2. The van der Waals surface area contributed by atoms with Gasteiger partial charge in [0, 0.05) is 6.08 Å². The van der Waals surface area contributed by atoms with Crippen molar-refractivity contribution in [2.75, 3.05) is 34.5 Å². The van der Waals surface area contributed by atoms with Gasteiger partial charge in [-0.05, 0) is 13.3 Å². The summed E-state index contributed by atoms with van der Waals surface area (Å²) in [6, 6.07) is 0. The van der Waals surface area contributed by atoms with E-state index < -0.39 is 0 Å². The fraction of sp³-hybridized carbons (Fsp3) is 0.900. The van der Waals surface area contributed by atoms with Gasteiger partial charge >= 0.3 is 0 Å². The maximum atomic E-state index is 5.89. The van der Waals surface area contributed by atoms with Gasteiger partial charge in [-0.1, -0.05) is 64.7 Å². The average Bonchev–Trinajstić information content (AvgIpc) is 2.84. The van der Waals surface area contributed by atoms with Gasteiger partial charge in [0.05, 0.1) is 21.1 Å². The lowest BCUT2D eigenvalue weighted by molar-refractivity contribution is -0.864. The van der Waals surface area contributed by atoms with Crippen LogP contribution < -0.4 is 0 Å². The summed E-state index contributed by atoms with van der Waals surface area (Å²) in [6.45, 7) is 5.85. The average molecular weight is 327 g/mol. The van der Waals surface area contributed by atoms with E-state index in [4.69, 9.17) is 9.47 Å². The third-order valence-corrected chi connectivity index (χ3v) is 4.69. The van der Waals surface area contributed by atoms with Gasteiger partial charge in [0.15, 0.2) is 6.79 Å². The predicted molar refractivity (Wildman–Crippen MR) is 98.3 cm³/mol. The van der Waals surface area contributed by atoms with Gasteiger partial charge in [-0.15, -0.1) is 0 Å². The number of unbranched alkanes of at least 4 members (excludes halogenated alkanes) is 8. The maximum Gasteiger partial charge on any atom is 0.189 e. The van der Waals surface area contributed by atoms with Crippen LogP contribution in [0.3, 0.4) is 0 Å². The fourth-order valence-corrected chi connectivity index (χ4v) is 3.05. The van der Waals surface area contributed by atoms with E-state index in [2.05, 4.69) is 41.1 Å². The largest absolute Gasteiger partial charge is 0.469 e. The quantitative estimate of drug-likeness (QED) is 0.360. The van der Waals surface area contributed by atoms with E-state index in [1.165, 1.54) is 57.8 Å². The molecule has 0 bridgehead atoms. The maximum absolute atomic E-state index is 5.89. The Morgan fingerprint density at radius 3 is 2.09 bits per heavy atom. The summed E-state index contributed by atoms with van der Waals surface area (Å²) < 4.78 is 12.5. The molecule has 0 aromatic carbocycles. The highest BCUT2D eigenvalue weighted by atomic mass is 16.7. The van der Waals surface area contributed by atoms with Crippen molar-refractivity contribution in [3.05, 3.63) is 11.8 Å². The molecule has 1 atom stereocenters. The molecule has 0 aromatic heterocycles. The van der Waals surface area contributed by atoms with Crippen molar-refractivity contribution in [2.24, 2.45) is 0 Å². The Morgan fingerprint density at radius 2 is 1.52 bits per heavy atom. The van der Waals surface area contributed by atoms with E-state index in [1.807, 2.05) is 0 Å². The van der Waals surface area contributed by atoms with Crippen LogP contribution in [-0.4, -0.2) is 44.6 Å². The van der Waals surface area contributed by atoms with Crippen molar-refractivity contribution in [1.29, 1.82) is 0 Å². The smallest absolute Gasteiger partial charge is 0.189 e. The summed E-state index contributed by atoms with van der Waals surface area (Å²) in [6.07, 6.45) is 15.6. The topological polar surface area (TPSA) is 18.5 Å². The summed E-state index contributed by atoms with van der Waals surface area (Å²) in [4.78, 5) is 0. The van der Waals surface area contributed by atoms with Crippen LogP contribution >= 0.6 is 0 Å². The van der Waals surface area contributed by atoms with Crippen LogP contribution in [0.5, 0.6) is 0 Å². The van der Waals surface area contributed by atoms with Crippen molar-refractivity contribution in [3.8, 4) is 0 Å². The first-order chi connectivity index (χ1) is 10.9. The molecule has 0 radical (unpaired) electrons. The number of hydrogen-bond donors (Lipinski definition) is 0. The third kappa shape index (κ3) is 8.76. The standard InChI is InChI=1S/C20H40NO2/c1-6-7-8-9-10-11-12-13-14-16-20(2)19(22-18-23-20)15-17-21(3,4)5/h15H,6-14,16-18H2,1-5H3/q+1. The van der Waals surface area contributed by atoms with E-state index in [1.54, 1.807) is 0 Å². The summed E-state index contributed by atoms with van der Waals surface area (Å²) in [5, 5.41) is 0. The Balaban J connectivity index is 2.19. The normalized spacial score (nSPS) is 23.4. The van der Waals surface area contributed by atoms with Crippen LogP contribution in [-0.2, 0) is 9.47 Å². The fourth-order valence-electron chi connectivity index (χ4n) is 3.05. The van der Waals surface area contributed by atoms with Gasteiger partial charge in [0.25, 0.3) is 0 Å². The first-order valence-electron chi connectivity index (χ1n) is 9.65. The van der Waals surface area contributed by atoms with Crippen molar-refractivity contribution in [1.82, 2.24) is 0 Å². The first kappa shape index (κ1) is 20.5. The van der Waals surface area contributed by atoms with Gasteiger partial charge in [-0.25, -0.2) is 0 Å². The monoisotopic (exact) mass is 326 g/mol. The molecule has 0 aromatic rings. The Bertz CT molecular complexity index is 346.